The second kappa shape index (κ2) is 14.5. The first kappa shape index (κ1) is 36.6. The van der Waals surface area contributed by atoms with Gasteiger partial charge in [-0.15, -0.1) is 11.3 Å². The quantitative estimate of drug-likeness (QED) is 0.0881. The van der Waals surface area contributed by atoms with E-state index >= 15 is 0 Å². The molecule has 0 aliphatic carbocycles. The number of thiophene rings is 1. The minimum atomic E-state index is 0.0688. The van der Waals surface area contributed by atoms with Crippen molar-refractivity contribution in [2.45, 2.75) is 20.8 Å². The molecule has 0 unspecified atom stereocenters. The third-order valence-electron chi connectivity index (χ3n) is 13.2. The number of nitrogens with zero attached hydrogens (tertiary/aromatic N) is 1. The van der Waals surface area contributed by atoms with Gasteiger partial charge in [-0.2, -0.15) is 0 Å². The van der Waals surface area contributed by atoms with Gasteiger partial charge in [0.15, 0.2) is 0 Å². The largest absolute Gasteiger partial charge is 0.308 e. The van der Waals surface area contributed by atoms with Crippen molar-refractivity contribution >= 4 is 115 Å². The lowest BCUT2D eigenvalue weighted by atomic mass is 9.35. The highest BCUT2D eigenvalue weighted by atomic mass is 32.1. The van der Waals surface area contributed by atoms with E-state index in [0.29, 0.717) is 0 Å². The summed E-state index contributed by atoms with van der Waals surface area (Å²) >= 11 is 1.91. The molecule has 3 heteroatoms. The van der Waals surface area contributed by atoms with E-state index in [0.717, 1.165) is 5.69 Å². The minimum Gasteiger partial charge on any atom is -0.308 e. The molecule has 0 aliphatic rings. The molecule has 12 rings (SSSR count). The van der Waals surface area contributed by atoms with E-state index in [2.05, 4.69) is 226 Å². The first-order chi connectivity index (χ1) is 30.5. The maximum absolute atomic E-state index is 2.53. The molecule has 0 fully saturated rings. The Labute approximate surface area is 366 Å². The van der Waals surface area contributed by atoms with Gasteiger partial charge < -0.3 is 4.90 Å². The molecule has 1 aromatic heterocycles. The summed E-state index contributed by atoms with van der Waals surface area (Å²) in [5, 5.41) is 12.9. The average molecular weight is 808 g/mol. The number of hydrogen-bond acceptors (Lipinski definition) is 2. The summed E-state index contributed by atoms with van der Waals surface area (Å²) in [4.78, 5) is 2.53. The highest BCUT2D eigenvalue weighted by Gasteiger charge is 2.29. The zero-order chi connectivity index (χ0) is 41.5. The predicted octanol–water partition coefficient (Wildman–Crippen LogP) is 14.7. The zero-order valence-electron chi connectivity index (χ0n) is 35.0. The Kier molecular flexibility index (Phi) is 8.55. The van der Waals surface area contributed by atoms with Gasteiger partial charge in [0.05, 0.1) is 16.1 Å². The van der Waals surface area contributed by atoms with Crippen molar-refractivity contribution in [3.8, 4) is 11.1 Å². The third kappa shape index (κ3) is 5.62. The normalized spacial score (nSPS) is 11.8. The van der Waals surface area contributed by atoms with Gasteiger partial charge in [-0.1, -0.05) is 209 Å². The highest BCUT2D eigenvalue weighted by molar-refractivity contribution is 7.27. The molecule has 1 nitrogen and oxygen atoms in total. The van der Waals surface area contributed by atoms with Crippen LogP contribution in [0.4, 0.5) is 17.1 Å². The van der Waals surface area contributed by atoms with Crippen molar-refractivity contribution in [1.29, 1.82) is 0 Å². The molecule has 1 heterocycles. The fourth-order valence-electron chi connectivity index (χ4n) is 10.7. The van der Waals surface area contributed by atoms with Gasteiger partial charge in [0.25, 0.3) is 0 Å². The number of benzene rings is 11. The lowest BCUT2D eigenvalue weighted by molar-refractivity contribution is 1.32. The topological polar surface area (TPSA) is 3.24 Å². The Balaban J connectivity index is 1.18. The number of para-hydroxylation sites is 1. The summed E-state index contributed by atoms with van der Waals surface area (Å²) < 4.78 is 2.59. The monoisotopic (exact) mass is 807 g/mol. The standard InChI is InChI=1S/C59H42BNS/c1-37-35-38(2)57(39(3)36-37)60(42-19-9-5-10-20-42)51-33-32-47-45-23-13-14-24-46(45)56-52(34-30-41-29-31-50(51)55(47)54(41)56)61(43-21-11-6-12-22-43)53-28-16-27-49-48-26-15-25-44(58(48)62-59(49)53)40-17-7-4-8-18-40/h4-36H,1-3H3. The van der Waals surface area contributed by atoms with Gasteiger partial charge in [-0.05, 0) is 88.5 Å². The molecule has 0 spiro atoms. The van der Waals surface area contributed by atoms with Crippen LogP contribution in [0.5, 0.6) is 0 Å². The summed E-state index contributed by atoms with van der Waals surface area (Å²) in [5.74, 6) is 0. The van der Waals surface area contributed by atoms with Gasteiger partial charge in [0.2, 0.25) is 6.71 Å². The van der Waals surface area contributed by atoms with Gasteiger partial charge >= 0.3 is 0 Å². The number of rotatable bonds is 7. The summed E-state index contributed by atoms with van der Waals surface area (Å²) in [5.41, 5.74) is 14.0. The fraction of sp³-hybridized carbons (Fsp3) is 0.0508. The van der Waals surface area contributed by atoms with Crippen LogP contribution in [0.15, 0.2) is 200 Å². The van der Waals surface area contributed by atoms with Crippen LogP contribution in [0.1, 0.15) is 16.7 Å². The van der Waals surface area contributed by atoms with Crippen LogP contribution < -0.4 is 21.3 Å². The van der Waals surface area contributed by atoms with Crippen molar-refractivity contribution < 1.29 is 0 Å². The van der Waals surface area contributed by atoms with E-state index in [-0.39, 0.29) is 6.71 Å². The summed E-state index contributed by atoms with van der Waals surface area (Å²) in [6, 6.07) is 74.7. The SMILES string of the molecule is Cc1cc(C)c(B(c2ccccc2)c2ccc3c4ccccc4c4c(N(c5ccccc5)c5cccc6c5sc5c(-c7ccccc7)cccc56)ccc5ccc2c3c54)c(C)c1. The van der Waals surface area contributed by atoms with E-state index in [4.69, 9.17) is 0 Å². The molecule has 62 heavy (non-hydrogen) atoms. The van der Waals surface area contributed by atoms with Crippen LogP contribution >= 0.6 is 11.3 Å². The molecule has 12 aromatic rings. The molecule has 0 aliphatic heterocycles. The third-order valence-corrected chi connectivity index (χ3v) is 14.5. The summed E-state index contributed by atoms with van der Waals surface area (Å²) in [6.07, 6.45) is 0. The zero-order valence-corrected chi connectivity index (χ0v) is 35.8. The van der Waals surface area contributed by atoms with Crippen LogP contribution in [0.2, 0.25) is 0 Å². The molecule has 0 saturated heterocycles. The van der Waals surface area contributed by atoms with Gasteiger partial charge in [-0.25, -0.2) is 0 Å². The van der Waals surface area contributed by atoms with Crippen molar-refractivity contribution in [3.05, 3.63) is 217 Å². The van der Waals surface area contributed by atoms with E-state index in [9.17, 15) is 0 Å². The van der Waals surface area contributed by atoms with Gasteiger partial charge in [-0.3, -0.25) is 0 Å². The van der Waals surface area contributed by atoms with Crippen molar-refractivity contribution in [2.75, 3.05) is 4.90 Å². The molecule has 0 amide bonds. The van der Waals surface area contributed by atoms with Gasteiger partial charge in [0.1, 0.15) is 0 Å². The Bertz CT molecular complexity index is 3640. The second-order valence-electron chi connectivity index (χ2n) is 16.9. The van der Waals surface area contributed by atoms with Crippen LogP contribution in [0.25, 0.3) is 74.4 Å². The van der Waals surface area contributed by atoms with Gasteiger partial charge in [0, 0.05) is 31.9 Å². The summed E-state index contributed by atoms with van der Waals surface area (Å²) in [6.45, 7) is 6.86. The number of aryl methyl sites for hydroxylation is 3. The fourth-order valence-corrected chi connectivity index (χ4v) is 12.1. The molecular weight excluding hydrogens is 766 g/mol. The Hall–Kier alpha value is -7.20. The Morgan fingerprint density at radius 1 is 0.419 bits per heavy atom. The van der Waals surface area contributed by atoms with Crippen LogP contribution in [0, 0.1) is 20.8 Å². The molecular formula is C59H42BNS. The molecule has 11 aromatic carbocycles. The average Bonchev–Trinajstić information content (AvgIpc) is 3.71. The number of anilines is 3. The van der Waals surface area contributed by atoms with E-state index in [1.807, 2.05) is 11.3 Å². The first-order valence-electron chi connectivity index (χ1n) is 21.6. The van der Waals surface area contributed by atoms with Crippen LogP contribution in [-0.2, 0) is 0 Å². The molecule has 0 N–H and O–H groups in total. The smallest absolute Gasteiger partial charge is 0.242 e. The first-order valence-corrected chi connectivity index (χ1v) is 22.4. The van der Waals surface area contributed by atoms with E-state index in [1.54, 1.807) is 0 Å². The summed E-state index contributed by atoms with van der Waals surface area (Å²) in [7, 11) is 0. The van der Waals surface area contributed by atoms with E-state index in [1.165, 1.54) is 119 Å². The molecule has 0 saturated carbocycles. The van der Waals surface area contributed by atoms with Crippen molar-refractivity contribution in [3.63, 3.8) is 0 Å². The molecule has 292 valence electrons. The van der Waals surface area contributed by atoms with Crippen molar-refractivity contribution in [1.82, 2.24) is 0 Å². The Morgan fingerprint density at radius 2 is 1.02 bits per heavy atom. The minimum absolute atomic E-state index is 0.0688. The predicted molar refractivity (Wildman–Crippen MR) is 272 cm³/mol. The number of fused-ring (bicyclic) bond motifs is 6. The maximum Gasteiger partial charge on any atom is 0.242 e. The van der Waals surface area contributed by atoms with Crippen LogP contribution in [0.3, 0.4) is 0 Å². The molecule has 0 radical (unpaired) electrons. The molecule has 0 bridgehead atoms. The van der Waals surface area contributed by atoms with Crippen LogP contribution in [-0.4, -0.2) is 6.71 Å². The number of hydrogen-bond donors (Lipinski definition) is 0. The molecule has 0 atom stereocenters. The Morgan fingerprint density at radius 3 is 1.77 bits per heavy atom. The lowest BCUT2D eigenvalue weighted by Crippen LogP contribution is -2.54. The maximum atomic E-state index is 2.53. The highest BCUT2D eigenvalue weighted by Crippen LogP contribution is 2.51. The van der Waals surface area contributed by atoms with E-state index < -0.39 is 0 Å². The second-order valence-corrected chi connectivity index (χ2v) is 17.9. The lowest BCUT2D eigenvalue weighted by Gasteiger charge is -2.29. The van der Waals surface area contributed by atoms with Crippen molar-refractivity contribution in [2.24, 2.45) is 0 Å².